The van der Waals surface area contributed by atoms with Gasteiger partial charge in [0, 0.05) is 24.2 Å². The Morgan fingerprint density at radius 2 is 1.92 bits per heavy atom. The Hall–Kier alpha value is -0.0800. The van der Waals surface area contributed by atoms with E-state index in [1.165, 1.54) is 12.8 Å². The summed E-state index contributed by atoms with van der Waals surface area (Å²) in [5.41, 5.74) is 0.257. The van der Waals surface area contributed by atoms with Gasteiger partial charge in [-0.15, -0.1) is 0 Å². The number of hydrogen-bond donors (Lipinski definition) is 2. The monoisotopic (exact) mass is 170 g/mol. The number of nitrogens with one attached hydrogen (secondary N) is 2. The first-order valence-electron chi connectivity index (χ1n) is 4.98. The van der Waals surface area contributed by atoms with E-state index in [1.807, 2.05) is 0 Å². The summed E-state index contributed by atoms with van der Waals surface area (Å²) in [5.74, 6) is 0. The highest BCUT2D eigenvalue weighted by Crippen LogP contribution is 2.11. The average molecular weight is 170 g/mol. The van der Waals surface area contributed by atoms with E-state index >= 15 is 0 Å². The van der Waals surface area contributed by atoms with Crippen molar-refractivity contribution in [3.05, 3.63) is 0 Å². The van der Waals surface area contributed by atoms with Crippen LogP contribution in [0.15, 0.2) is 0 Å². The fourth-order valence-corrected chi connectivity index (χ4v) is 1.73. The summed E-state index contributed by atoms with van der Waals surface area (Å²) in [6, 6.07) is 1.38. The van der Waals surface area contributed by atoms with Gasteiger partial charge in [0.05, 0.1) is 0 Å². The van der Waals surface area contributed by atoms with Crippen molar-refractivity contribution in [2.45, 2.75) is 58.2 Å². The lowest BCUT2D eigenvalue weighted by Gasteiger charge is -2.33. The molecule has 72 valence electrons. The van der Waals surface area contributed by atoms with Crippen LogP contribution in [0.5, 0.6) is 0 Å². The van der Waals surface area contributed by atoms with Crippen LogP contribution in [0.3, 0.4) is 0 Å². The zero-order valence-corrected chi connectivity index (χ0v) is 8.78. The predicted octanol–water partition coefficient (Wildman–Crippen LogP) is 1.51. The van der Waals surface area contributed by atoms with E-state index in [2.05, 4.69) is 38.3 Å². The van der Waals surface area contributed by atoms with Crippen LogP contribution in [0.4, 0.5) is 0 Å². The molecule has 1 heterocycles. The van der Waals surface area contributed by atoms with E-state index in [4.69, 9.17) is 0 Å². The second-order valence-electron chi connectivity index (χ2n) is 4.98. The molecule has 1 rings (SSSR count). The second kappa shape index (κ2) is 3.75. The van der Waals surface area contributed by atoms with Crippen LogP contribution >= 0.6 is 0 Å². The molecule has 1 fully saturated rings. The molecule has 2 N–H and O–H groups in total. The van der Waals surface area contributed by atoms with Gasteiger partial charge in [-0.3, -0.25) is 0 Å². The summed E-state index contributed by atoms with van der Waals surface area (Å²) in [4.78, 5) is 0. The van der Waals surface area contributed by atoms with Crippen molar-refractivity contribution in [1.82, 2.24) is 10.6 Å². The van der Waals surface area contributed by atoms with E-state index in [9.17, 15) is 0 Å². The molecule has 0 aromatic carbocycles. The van der Waals surface area contributed by atoms with Crippen molar-refractivity contribution in [3.8, 4) is 0 Å². The molecule has 1 saturated heterocycles. The third-order valence-electron chi connectivity index (χ3n) is 2.30. The third kappa shape index (κ3) is 3.55. The smallest absolute Gasteiger partial charge is 0.0197 e. The summed E-state index contributed by atoms with van der Waals surface area (Å²) in [6.07, 6.45) is 2.61. The van der Waals surface area contributed by atoms with Crippen LogP contribution in [-0.2, 0) is 0 Å². The highest BCUT2D eigenvalue weighted by Gasteiger charge is 2.21. The molecular weight excluding hydrogens is 148 g/mol. The Labute approximate surface area is 76.1 Å². The van der Waals surface area contributed by atoms with Crippen LogP contribution < -0.4 is 10.6 Å². The summed E-state index contributed by atoms with van der Waals surface area (Å²) in [7, 11) is 0. The van der Waals surface area contributed by atoms with Gasteiger partial charge in [0.1, 0.15) is 0 Å². The van der Waals surface area contributed by atoms with Crippen LogP contribution in [0.25, 0.3) is 0 Å². The minimum atomic E-state index is 0.257. The zero-order valence-electron chi connectivity index (χ0n) is 8.78. The van der Waals surface area contributed by atoms with Gasteiger partial charge in [-0.1, -0.05) is 0 Å². The van der Waals surface area contributed by atoms with E-state index < -0.39 is 0 Å². The maximum Gasteiger partial charge on any atom is 0.0197 e. The second-order valence-corrected chi connectivity index (χ2v) is 4.98. The minimum absolute atomic E-state index is 0.257. The Morgan fingerprint density at radius 3 is 2.33 bits per heavy atom. The quantitative estimate of drug-likeness (QED) is 0.623. The van der Waals surface area contributed by atoms with Crippen molar-refractivity contribution in [2.24, 2.45) is 0 Å². The third-order valence-corrected chi connectivity index (χ3v) is 2.30. The van der Waals surface area contributed by atoms with Gasteiger partial charge >= 0.3 is 0 Å². The molecular formula is C10H22N2. The molecule has 0 radical (unpaired) electrons. The maximum atomic E-state index is 3.62. The molecule has 0 bridgehead atoms. The van der Waals surface area contributed by atoms with Gasteiger partial charge in [-0.05, 0) is 40.5 Å². The minimum Gasteiger partial charge on any atom is -0.313 e. The number of piperidine rings is 1. The fourth-order valence-electron chi connectivity index (χ4n) is 1.73. The van der Waals surface area contributed by atoms with Crippen LogP contribution in [-0.4, -0.2) is 24.2 Å². The lowest BCUT2D eigenvalue weighted by atomic mass is 9.99. The highest BCUT2D eigenvalue weighted by atomic mass is 15.1. The van der Waals surface area contributed by atoms with Gasteiger partial charge < -0.3 is 10.6 Å². The van der Waals surface area contributed by atoms with Crippen molar-refractivity contribution in [2.75, 3.05) is 6.54 Å². The molecule has 2 heteroatoms. The molecule has 1 aliphatic heterocycles. The average Bonchev–Trinajstić information content (AvgIpc) is 1.91. The first-order valence-corrected chi connectivity index (χ1v) is 4.98. The summed E-state index contributed by atoms with van der Waals surface area (Å²) < 4.78 is 0. The van der Waals surface area contributed by atoms with E-state index in [0.717, 1.165) is 6.54 Å². The van der Waals surface area contributed by atoms with Gasteiger partial charge in [0.2, 0.25) is 0 Å². The topological polar surface area (TPSA) is 24.1 Å². The molecule has 0 saturated carbocycles. The van der Waals surface area contributed by atoms with Gasteiger partial charge in [0.15, 0.2) is 0 Å². The van der Waals surface area contributed by atoms with E-state index in [0.29, 0.717) is 12.1 Å². The molecule has 0 aliphatic carbocycles. The molecule has 2 nitrogen and oxygen atoms in total. The molecule has 2 unspecified atom stereocenters. The zero-order chi connectivity index (χ0) is 9.19. The lowest BCUT2D eigenvalue weighted by molar-refractivity contribution is 0.281. The largest absolute Gasteiger partial charge is 0.313 e. The number of hydrogen-bond acceptors (Lipinski definition) is 2. The van der Waals surface area contributed by atoms with Gasteiger partial charge in [-0.2, -0.15) is 0 Å². The molecule has 1 aliphatic rings. The van der Waals surface area contributed by atoms with Gasteiger partial charge in [-0.25, -0.2) is 0 Å². The summed E-state index contributed by atoms with van der Waals surface area (Å²) in [5, 5.41) is 7.11. The van der Waals surface area contributed by atoms with E-state index in [-0.39, 0.29) is 5.54 Å². The Bertz CT molecular complexity index is 129. The maximum absolute atomic E-state index is 3.62. The normalized spacial score (nSPS) is 32.0. The first-order chi connectivity index (χ1) is 5.47. The Morgan fingerprint density at radius 1 is 1.25 bits per heavy atom. The van der Waals surface area contributed by atoms with Crippen LogP contribution in [0.2, 0.25) is 0 Å². The molecule has 0 amide bonds. The van der Waals surface area contributed by atoms with Crippen LogP contribution in [0.1, 0.15) is 40.5 Å². The lowest BCUT2D eigenvalue weighted by Crippen LogP contribution is -2.52. The van der Waals surface area contributed by atoms with E-state index in [1.54, 1.807) is 0 Å². The van der Waals surface area contributed by atoms with Crippen molar-refractivity contribution in [3.63, 3.8) is 0 Å². The molecule has 0 aromatic rings. The van der Waals surface area contributed by atoms with Crippen molar-refractivity contribution in [1.29, 1.82) is 0 Å². The van der Waals surface area contributed by atoms with Gasteiger partial charge in [0.25, 0.3) is 0 Å². The summed E-state index contributed by atoms with van der Waals surface area (Å²) in [6.45, 7) is 10.1. The van der Waals surface area contributed by atoms with Crippen LogP contribution in [0, 0.1) is 0 Å². The first kappa shape index (κ1) is 10.0. The molecule has 2 atom stereocenters. The SMILES string of the molecule is CC1CCC(NC(C)(C)C)CN1. The number of rotatable bonds is 1. The van der Waals surface area contributed by atoms with Crippen molar-refractivity contribution >= 4 is 0 Å². The molecule has 0 aromatic heterocycles. The van der Waals surface area contributed by atoms with Crippen molar-refractivity contribution < 1.29 is 0 Å². The summed E-state index contributed by atoms with van der Waals surface area (Å²) >= 11 is 0. The standard InChI is InChI=1S/C10H22N2/c1-8-5-6-9(7-11-8)12-10(2,3)4/h8-9,11-12H,5-7H2,1-4H3. The fraction of sp³-hybridized carbons (Fsp3) is 1.00. The Balaban J connectivity index is 2.26. The predicted molar refractivity (Wildman–Crippen MR) is 53.4 cm³/mol. The Kier molecular flexibility index (Phi) is 3.13. The molecule has 12 heavy (non-hydrogen) atoms. The molecule has 0 spiro atoms. The highest BCUT2D eigenvalue weighted by molar-refractivity contribution is 4.84.